The number of anilines is 1. The number of nitro groups is 1. The van der Waals surface area contributed by atoms with Crippen molar-refractivity contribution in [3.8, 4) is 0 Å². The number of morpholine rings is 1. The van der Waals surface area contributed by atoms with E-state index < -0.39 is 0 Å². The molecule has 3 rings (SSSR count). The molecular formula is C18H20N2O4. The lowest BCUT2D eigenvalue weighted by Crippen LogP contribution is -2.39. The molecule has 2 aromatic carbocycles. The van der Waals surface area contributed by atoms with Crippen molar-refractivity contribution in [3.05, 3.63) is 69.3 Å². The van der Waals surface area contributed by atoms with Crippen LogP contribution in [0.5, 0.6) is 0 Å². The summed E-state index contributed by atoms with van der Waals surface area (Å²) in [5, 5.41) is 20.7. The fourth-order valence-corrected chi connectivity index (χ4v) is 3.08. The highest BCUT2D eigenvalue weighted by molar-refractivity contribution is 5.65. The van der Waals surface area contributed by atoms with Gasteiger partial charge in [-0.05, 0) is 35.7 Å². The van der Waals surface area contributed by atoms with Gasteiger partial charge in [-0.25, -0.2) is 0 Å². The zero-order valence-electron chi connectivity index (χ0n) is 13.5. The lowest BCUT2D eigenvalue weighted by atomic mass is 10.0. The van der Waals surface area contributed by atoms with Crippen molar-refractivity contribution in [2.24, 2.45) is 0 Å². The van der Waals surface area contributed by atoms with E-state index in [4.69, 9.17) is 4.74 Å². The van der Waals surface area contributed by atoms with E-state index in [2.05, 4.69) is 0 Å². The van der Waals surface area contributed by atoms with Gasteiger partial charge in [0.25, 0.3) is 5.69 Å². The fraction of sp³-hybridized carbons (Fsp3) is 0.333. The van der Waals surface area contributed by atoms with Gasteiger partial charge in [-0.2, -0.15) is 0 Å². The summed E-state index contributed by atoms with van der Waals surface area (Å²) in [7, 11) is 0. The number of aliphatic hydroxyl groups is 1. The van der Waals surface area contributed by atoms with Crippen molar-refractivity contribution >= 4 is 11.4 Å². The highest BCUT2D eigenvalue weighted by Gasteiger charge is 2.27. The van der Waals surface area contributed by atoms with E-state index in [-0.39, 0.29) is 23.3 Å². The summed E-state index contributed by atoms with van der Waals surface area (Å²) in [6, 6.07) is 12.8. The van der Waals surface area contributed by atoms with E-state index in [0.29, 0.717) is 30.9 Å². The van der Waals surface area contributed by atoms with E-state index in [0.717, 1.165) is 11.1 Å². The van der Waals surface area contributed by atoms with Crippen molar-refractivity contribution in [2.45, 2.75) is 19.6 Å². The number of rotatable bonds is 4. The number of hydrogen-bond acceptors (Lipinski definition) is 5. The molecule has 1 aliphatic rings. The summed E-state index contributed by atoms with van der Waals surface area (Å²) in [5.74, 6) is 0. The first-order valence-corrected chi connectivity index (χ1v) is 7.90. The molecule has 0 aromatic heterocycles. The van der Waals surface area contributed by atoms with Crippen LogP contribution in [0.1, 0.15) is 22.8 Å². The fourth-order valence-electron chi connectivity index (χ4n) is 3.08. The zero-order chi connectivity index (χ0) is 17.1. The molecular weight excluding hydrogens is 308 g/mol. The lowest BCUT2D eigenvalue weighted by Gasteiger charge is -2.35. The van der Waals surface area contributed by atoms with Crippen molar-refractivity contribution in [1.82, 2.24) is 0 Å². The van der Waals surface area contributed by atoms with Gasteiger partial charge in [-0.15, -0.1) is 0 Å². The standard InChI is InChI=1S/C18H20N2O4/c1-13-4-2-3-5-15(13)18-11-19(8-9-24-18)17-10-14(12-21)6-7-16(17)20(22)23/h2-7,10,18,21H,8-9,11-12H2,1H3. The Morgan fingerprint density at radius 3 is 2.83 bits per heavy atom. The van der Waals surface area contributed by atoms with Crippen LogP contribution in [0, 0.1) is 17.0 Å². The average Bonchev–Trinajstić information content (AvgIpc) is 2.61. The van der Waals surface area contributed by atoms with Crippen LogP contribution in [-0.4, -0.2) is 29.7 Å². The Labute approximate surface area is 140 Å². The Morgan fingerprint density at radius 2 is 2.12 bits per heavy atom. The van der Waals surface area contributed by atoms with E-state index in [1.807, 2.05) is 36.1 Å². The maximum Gasteiger partial charge on any atom is 0.292 e. The van der Waals surface area contributed by atoms with Crippen LogP contribution < -0.4 is 4.90 Å². The average molecular weight is 328 g/mol. The SMILES string of the molecule is Cc1ccccc1C1CN(c2cc(CO)ccc2[N+](=O)[O-])CCO1. The topological polar surface area (TPSA) is 75.8 Å². The third-order valence-electron chi connectivity index (χ3n) is 4.36. The van der Waals surface area contributed by atoms with Crippen LogP contribution in [0.15, 0.2) is 42.5 Å². The Bertz CT molecular complexity index is 748. The molecule has 0 aliphatic carbocycles. The van der Waals surface area contributed by atoms with Gasteiger partial charge in [-0.1, -0.05) is 24.3 Å². The van der Waals surface area contributed by atoms with E-state index >= 15 is 0 Å². The maximum atomic E-state index is 11.4. The Kier molecular flexibility index (Phi) is 4.78. The van der Waals surface area contributed by atoms with Crippen molar-refractivity contribution in [3.63, 3.8) is 0 Å². The minimum atomic E-state index is -0.380. The molecule has 1 N–H and O–H groups in total. The number of ether oxygens (including phenoxy) is 1. The van der Waals surface area contributed by atoms with E-state index in [9.17, 15) is 15.2 Å². The third-order valence-corrected chi connectivity index (χ3v) is 4.36. The molecule has 1 unspecified atom stereocenters. The van der Waals surface area contributed by atoms with Gasteiger partial charge in [0.15, 0.2) is 0 Å². The molecule has 126 valence electrons. The molecule has 0 amide bonds. The Morgan fingerprint density at radius 1 is 1.33 bits per heavy atom. The highest BCUT2D eigenvalue weighted by atomic mass is 16.6. The summed E-state index contributed by atoms with van der Waals surface area (Å²) < 4.78 is 5.89. The molecule has 0 saturated carbocycles. The van der Waals surface area contributed by atoms with Crippen LogP contribution in [-0.2, 0) is 11.3 Å². The predicted molar refractivity (Wildman–Crippen MR) is 91.1 cm³/mol. The molecule has 0 spiro atoms. The summed E-state index contributed by atoms with van der Waals surface area (Å²) >= 11 is 0. The smallest absolute Gasteiger partial charge is 0.292 e. The number of aliphatic hydroxyl groups excluding tert-OH is 1. The second-order valence-electron chi connectivity index (χ2n) is 5.90. The summed E-state index contributed by atoms with van der Waals surface area (Å²) in [5.41, 5.74) is 3.49. The minimum absolute atomic E-state index is 0.0534. The highest BCUT2D eigenvalue weighted by Crippen LogP contribution is 2.34. The largest absolute Gasteiger partial charge is 0.392 e. The Hall–Kier alpha value is -2.44. The normalized spacial score (nSPS) is 17.8. The van der Waals surface area contributed by atoms with Crippen molar-refractivity contribution in [2.75, 3.05) is 24.6 Å². The zero-order valence-corrected chi connectivity index (χ0v) is 13.5. The van der Waals surface area contributed by atoms with Gasteiger partial charge in [0.05, 0.1) is 18.1 Å². The maximum absolute atomic E-state index is 11.4. The summed E-state index contributed by atoms with van der Waals surface area (Å²) in [4.78, 5) is 12.9. The summed E-state index contributed by atoms with van der Waals surface area (Å²) in [6.45, 7) is 3.52. The molecule has 2 aromatic rings. The van der Waals surface area contributed by atoms with Gasteiger partial charge in [0.2, 0.25) is 0 Å². The number of nitro benzene ring substituents is 1. The van der Waals surface area contributed by atoms with Gasteiger partial charge in [-0.3, -0.25) is 10.1 Å². The molecule has 0 radical (unpaired) electrons. The Balaban J connectivity index is 1.92. The summed E-state index contributed by atoms with van der Waals surface area (Å²) in [6.07, 6.45) is -0.127. The van der Waals surface area contributed by atoms with Gasteiger partial charge < -0.3 is 14.7 Å². The second kappa shape index (κ2) is 6.98. The molecule has 1 heterocycles. The predicted octanol–water partition coefficient (Wildman–Crippen LogP) is 2.97. The lowest BCUT2D eigenvalue weighted by molar-refractivity contribution is -0.384. The molecule has 1 fully saturated rings. The molecule has 6 nitrogen and oxygen atoms in total. The molecule has 24 heavy (non-hydrogen) atoms. The van der Waals surface area contributed by atoms with Gasteiger partial charge in [0, 0.05) is 19.2 Å². The van der Waals surface area contributed by atoms with Crippen LogP contribution in [0.3, 0.4) is 0 Å². The molecule has 0 bridgehead atoms. The minimum Gasteiger partial charge on any atom is -0.392 e. The van der Waals surface area contributed by atoms with Gasteiger partial charge >= 0.3 is 0 Å². The monoisotopic (exact) mass is 328 g/mol. The molecule has 1 saturated heterocycles. The molecule has 6 heteroatoms. The first-order chi connectivity index (χ1) is 11.6. The van der Waals surface area contributed by atoms with Crippen LogP contribution >= 0.6 is 0 Å². The number of aryl methyl sites for hydroxylation is 1. The van der Waals surface area contributed by atoms with E-state index in [1.54, 1.807) is 12.1 Å². The number of nitrogens with zero attached hydrogens (tertiary/aromatic N) is 2. The second-order valence-corrected chi connectivity index (χ2v) is 5.90. The first-order valence-electron chi connectivity index (χ1n) is 7.90. The van der Waals surface area contributed by atoms with E-state index in [1.165, 1.54) is 6.07 Å². The molecule has 1 atom stereocenters. The quantitative estimate of drug-likeness (QED) is 0.690. The van der Waals surface area contributed by atoms with Gasteiger partial charge in [0.1, 0.15) is 11.8 Å². The first kappa shape index (κ1) is 16.4. The van der Waals surface area contributed by atoms with Crippen LogP contribution in [0.4, 0.5) is 11.4 Å². The van der Waals surface area contributed by atoms with Crippen molar-refractivity contribution in [1.29, 1.82) is 0 Å². The van der Waals surface area contributed by atoms with Crippen LogP contribution in [0.2, 0.25) is 0 Å². The van der Waals surface area contributed by atoms with Crippen molar-refractivity contribution < 1.29 is 14.8 Å². The third kappa shape index (κ3) is 3.25. The molecule has 1 aliphatic heterocycles. The van der Waals surface area contributed by atoms with Crippen LogP contribution in [0.25, 0.3) is 0 Å². The number of benzene rings is 2. The number of hydrogen-bond donors (Lipinski definition) is 1.